The Hall–Kier alpha value is -3.51. The molecule has 0 aliphatic carbocycles. The molecule has 0 saturated heterocycles. The highest BCUT2D eigenvalue weighted by Gasteiger charge is 2.32. The van der Waals surface area contributed by atoms with E-state index in [1.165, 1.54) is 0 Å². The first-order valence-electron chi connectivity index (χ1n) is 10.4. The zero-order chi connectivity index (χ0) is 22.5. The van der Waals surface area contributed by atoms with Crippen LogP contribution in [0.15, 0.2) is 93.6 Å². The molecule has 0 radical (unpaired) electrons. The summed E-state index contributed by atoms with van der Waals surface area (Å²) in [6, 6.07) is 25.2. The molecule has 1 heterocycles. The molecular formula is C26H23NO4S. The predicted octanol–water partition coefficient (Wildman–Crippen LogP) is 5.43. The van der Waals surface area contributed by atoms with Crippen LogP contribution in [0.2, 0.25) is 0 Å². The van der Waals surface area contributed by atoms with Gasteiger partial charge >= 0.3 is 11.9 Å². The van der Waals surface area contributed by atoms with E-state index in [0.717, 1.165) is 20.9 Å². The first kappa shape index (κ1) is 21.7. The van der Waals surface area contributed by atoms with E-state index in [4.69, 9.17) is 9.47 Å². The molecular weight excluding hydrogens is 422 g/mol. The Labute approximate surface area is 189 Å². The lowest BCUT2D eigenvalue weighted by molar-refractivity contribution is -0.136. The number of aliphatic imine (C=N–C) groups is 1. The number of nitrogens with zero attached hydrogens (tertiary/aromatic N) is 1. The minimum absolute atomic E-state index is 0.0144. The van der Waals surface area contributed by atoms with Crippen molar-refractivity contribution in [2.24, 2.45) is 4.99 Å². The lowest BCUT2D eigenvalue weighted by Crippen LogP contribution is -2.34. The molecule has 0 aromatic heterocycles. The Kier molecular flexibility index (Phi) is 6.61. The van der Waals surface area contributed by atoms with Gasteiger partial charge in [0.25, 0.3) is 0 Å². The summed E-state index contributed by atoms with van der Waals surface area (Å²) < 4.78 is 10.8. The number of ether oxygens (including phenoxy) is 2. The number of hydrogen-bond acceptors (Lipinski definition) is 5. The number of para-hydroxylation sites is 1. The molecule has 0 spiro atoms. The van der Waals surface area contributed by atoms with Crippen LogP contribution in [-0.4, -0.2) is 35.7 Å². The third-order valence-corrected chi connectivity index (χ3v) is 7.17. The average molecular weight is 446 g/mol. The second kappa shape index (κ2) is 9.75. The molecule has 0 N–H and O–H groups in total. The van der Waals surface area contributed by atoms with E-state index in [0.29, 0.717) is 5.69 Å². The fourth-order valence-corrected chi connectivity index (χ4v) is 5.86. The maximum absolute atomic E-state index is 13.3. The molecule has 1 aliphatic heterocycles. The van der Waals surface area contributed by atoms with Crippen LogP contribution in [0.25, 0.3) is 11.1 Å². The van der Waals surface area contributed by atoms with Crippen LogP contribution in [0, 0.1) is 0 Å². The number of rotatable bonds is 5. The summed E-state index contributed by atoms with van der Waals surface area (Å²) in [4.78, 5) is 33.2. The summed E-state index contributed by atoms with van der Waals surface area (Å²) in [5.74, 6) is -1.21. The topological polar surface area (TPSA) is 65.0 Å². The highest BCUT2D eigenvalue weighted by Crippen LogP contribution is 2.46. The molecule has 0 bridgehead atoms. The third-order valence-electron chi connectivity index (χ3n) is 4.86. The third kappa shape index (κ3) is 4.14. The second-order valence-electron chi connectivity index (χ2n) is 6.86. The van der Waals surface area contributed by atoms with Crippen LogP contribution < -0.4 is 0 Å². The van der Waals surface area contributed by atoms with Crippen molar-refractivity contribution in [3.05, 3.63) is 78.9 Å². The fourth-order valence-electron chi connectivity index (χ4n) is 3.56. The molecule has 32 heavy (non-hydrogen) atoms. The van der Waals surface area contributed by atoms with Gasteiger partial charge in [-0.3, -0.25) is 0 Å². The number of fused-ring (bicyclic) bond motifs is 3. The maximum Gasteiger partial charge on any atom is 0.358 e. The van der Waals surface area contributed by atoms with Crippen molar-refractivity contribution in [3.63, 3.8) is 0 Å². The molecule has 5 nitrogen and oxygen atoms in total. The summed E-state index contributed by atoms with van der Waals surface area (Å²) in [6.07, 6.45) is 0. The van der Waals surface area contributed by atoms with Gasteiger partial charge in [-0.1, -0.05) is 54.6 Å². The van der Waals surface area contributed by atoms with Gasteiger partial charge in [-0.25, -0.2) is 14.6 Å². The van der Waals surface area contributed by atoms with Crippen molar-refractivity contribution in [1.82, 2.24) is 0 Å². The molecule has 0 amide bonds. The van der Waals surface area contributed by atoms with Gasteiger partial charge in [0.1, 0.15) is 4.86 Å². The molecule has 1 atom stereocenters. The molecule has 6 heteroatoms. The number of carbonyl (C=O) groups excluding carboxylic acids is 2. The van der Waals surface area contributed by atoms with E-state index >= 15 is 0 Å². The number of hydrogen-bond donors (Lipinski definition) is 0. The van der Waals surface area contributed by atoms with E-state index in [2.05, 4.69) is 4.99 Å². The van der Waals surface area contributed by atoms with Crippen molar-refractivity contribution in [2.75, 3.05) is 13.2 Å². The number of carbonyl (C=O) groups is 2. The number of benzene rings is 3. The molecule has 0 fully saturated rings. The molecule has 3 aromatic rings. The van der Waals surface area contributed by atoms with Crippen molar-refractivity contribution < 1.29 is 19.1 Å². The van der Waals surface area contributed by atoms with Gasteiger partial charge in [0.05, 0.1) is 18.9 Å². The van der Waals surface area contributed by atoms with Crippen LogP contribution in [0.4, 0.5) is 5.69 Å². The highest BCUT2D eigenvalue weighted by atomic mass is 32.2. The quantitative estimate of drug-likeness (QED) is 0.388. The highest BCUT2D eigenvalue weighted by molar-refractivity contribution is 8.18. The molecule has 3 aromatic carbocycles. The van der Waals surface area contributed by atoms with Gasteiger partial charge in [0, 0.05) is 15.4 Å². The fraction of sp³-hybridized carbons (Fsp3) is 0.154. The lowest BCUT2D eigenvalue weighted by atomic mass is 10.0. The van der Waals surface area contributed by atoms with Crippen LogP contribution in [0.5, 0.6) is 0 Å². The van der Waals surface area contributed by atoms with Gasteiger partial charge in [-0.15, -0.1) is 10.5 Å². The summed E-state index contributed by atoms with van der Waals surface area (Å²) in [5, 5.41) is 0. The summed E-state index contributed by atoms with van der Waals surface area (Å²) in [5.41, 5.74) is 2.44. The van der Waals surface area contributed by atoms with Gasteiger partial charge in [0.2, 0.25) is 0 Å². The predicted molar refractivity (Wildman–Crippen MR) is 128 cm³/mol. The van der Waals surface area contributed by atoms with Crippen LogP contribution >= 0.6 is 10.5 Å². The normalized spacial score (nSPS) is 16.0. The monoisotopic (exact) mass is 445 g/mol. The SMILES string of the molecule is CCOC(=O)C1=Nc2ccccc2-c2ccccc2/S(c2ccccc2)=C\1C(=O)OCC. The van der Waals surface area contributed by atoms with Gasteiger partial charge < -0.3 is 9.47 Å². The van der Waals surface area contributed by atoms with Crippen molar-refractivity contribution >= 4 is 38.7 Å². The first-order chi connectivity index (χ1) is 15.7. The minimum atomic E-state index is -0.932. The maximum atomic E-state index is 13.3. The van der Waals surface area contributed by atoms with Crippen molar-refractivity contribution in [3.8, 4) is 11.1 Å². The van der Waals surface area contributed by atoms with Crippen molar-refractivity contribution in [1.29, 1.82) is 0 Å². The zero-order valence-electron chi connectivity index (χ0n) is 17.9. The molecule has 1 unspecified atom stereocenters. The standard InChI is InChI=1S/C26H23NO4S/c1-3-30-25(28)23-24(26(29)31-4-2)32(18-12-6-5-7-13-18)22-17-11-9-15-20(22)19-14-8-10-16-21(19)27-23/h5-17H,3-4H2,1-2H3. The van der Waals surface area contributed by atoms with E-state index in [1.54, 1.807) is 13.8 Å². The Bertz CT molecular complexity index is 1230. The molecule has 0 saturated carbocycles. The summed E-state index contributed by atoms with van der Waals surface area (Å²) in [7, 11) is -0.932. The Balaban J connectivity index is 2.17. The van der Waals surface area contributed by atoms with E-state index in [-0.39, 0.29) is 23.8 Å². The smallest absolute Gasteiger partial charge is 0.358 e. The largest absolute Gasteiger partial charge is 0.462 e. The van der Waals surface area contributed by atoms with Crippen molar-refractivity contribution in [2.45, 2.75) is 23.6 Å². The molecule has 1 aliphatic rings. The van der Waals surface area contributed by atoms with Gasteiger partial charge in [-0.05, 0) is 43.7 Å². The summed E-state index contributed by atoms with van der Waals surface area (Å²) >= 11 is 0. The second-order valence-corrected chi connectivity index (χ2v) is 8.79. The van der Waals surface area contributed by atoms with Crippen LogP contribution in [0.3, 0.4) is 0 Å². The van der Waals surface area contributed by atoms with E-state index in [9.17, 15) is 9.59 Å². The van der Waals surface area contributed by atoms with Gasteiger partial charge in [-0.2, -0.15) is 0 Å². The van der Waals surface area contributed by atoms with Gasteiger partial charge in [0.15, 0.2) is 5.71 Å². The van der Waals surface area contributed by atoms with E-state index in [1.807, 2.05) is 78.9 Å². The Morgan fingerprint density at radius 2 is 1.34 bits per heavy atom. The number of esters is 2. The molecule has 4 rings (SSSR count). The average Bonchev–Trinajstić information content (AvgIpc) is 2.81. The van der Waals surface area contributed by atoms with Crippen LogP contribution in [0.1, 0.15) is 13.8 Å². The Morgan fingerprint density at radius 1 is 0.750 bits per heavy atom. The van der Waals surface area contributed by atoms with E-state index < -0.39 is 22.4 Å². The Morgan fingerprint density at radius 3 is 2.06 bits per heavy atom. The first-order valence-corrected chi connectivity index (χ1v) is 11.7. The summed E-state index contributed by atoms with van der Waals surface area (Å²) in [6.45, 7) is 3.83. The van der Waals surface area contributed by atoms with Crippen LogP contribution in [-0.2, 0) is 19.1 Å². The lowest BCUT2D eigenvalue weighted by Gasteiger charge is -2.23. The molecule has 162 valence electrons. The minimum Gasteiger partial charge on any atom is -0.462 e. The zero-order valence-corrected chi connectivity index (χ0v) is 18.7.